The van der Waals surface area contributed by atoms with Crippen LogP contribution in [0.4, 0.5) is 22.0 Å². The molecule has 0 aliphatic rings. The first-order chi connectivity index (χ1) is 6.61. The van der Waals surface area contributed by atoms with Gasteiger partial charge in [-0.05, 0) is 6.92 Å². The maximum atomic E-state index is 12.8. The molecule has 0 fully saturated rings. The highest BCUT2D eigenvalue weighted by atomic mass is 127. The normalized spacial score (nSPS) is 14.9. The molecule has 0 heterocycles. The van der Waals surface area contributed by atoms with Crippen LogP contribution in [0.5, 0.6) is 0 Å². The quantitative estimate of drug-likeness (QED) is 0.339. The number of halogens is 6. The Morgan fingerprint density at radius 1 is 1.33 bits per heavy atom. The fourth-order valence-corrected chi connectivity index (χ4v) is 1.21. The Balaban J connectivity index is 4.43. The minimum absolute atomic E-state index is 0.299. The Bertz CT molecular complexity index is 228. The van der Waals surface area contributed by atoms with Crippen molar-refractivity contribution in [1.29, 1.82) is 0 Å². The molecule has 0 amide bonds. The molecule has 2 nitrogen and oxygen atoms in total. The van der Waals surface area contributed by atoms with Crippen LogP contribution in [0.25, 0.3) is 0 Å². The number of hydrogen-bond donors (Lipinski definition) is 0. The molecular weight excluding hydrogens is 338 g/mol. The van der Waals surface area contributed by atoms with E-state index in [4.69, 9.17) is 0 Å². The van der Waals surface area contributed by atoms with Gasteiger partial charge in [0.1, 0.15) is 3.92 Å². The van der Waals surface area contributed by atoms with Crippen molar-refractivity contribution in [3.63, 3.8) is 0 Å². The zero-order chi connectivity index (χ0) is 12.3. The van der Waals surface area contributed by atoms with E-state index >= 15 is 0 Å². The number of ether oxygens (including phenoxy) is 1. The molecule has 0 aromatic carbocycles. The lowest BCUT2D eigenvalue weighted by atomic mass is 10.2. The van der Waals surface area contributed by atoms with Gasteiger partial charge in [-0.3, -0.25) is 0 Å². The van der Waals surface area contributed by atoms with Crippen LogP contribution in [0.1, 0.15) is 13.3 Å². The third-order valence-electron chi connectivity index (χ3n) is 1.36. The van der Waals surface area contributed by atoms with Crippen LogP contribution in [0, 0.1) is 0 Å². The number of esters is 1. The average Bonchev–Trinajstić information content (AvgIpc) is 2.02. The Kier molecular flexibility index (Phi) is 5.21. The van der Waals surface area contributed by atoms with Gasteiger partial charge in [-0.1, -0.05) is 22.6 Å². The van der Waals surface area contributed by atoms with Gasteiger partial charge in [-0.2, -0.15) is 22.0 Å². The summed E-state index contributed by atoms with van der Waals surface area (Å²) in [5.41, 5.74) is 0. The Morgan fingerprint density at radius 2 is 1.80 bits per heavy atom. The summed E-state index contributed by atoms with van der Waals surface area (Å²) in [6.07, 6.45) is -6.35. The fourth-order valence-electron chi connectivity index (χ4n) is 0.661. The summed E-state index contributed by atoms with van der Waals surface area (Å²) < 4.78 is 63.1. The number of hydrogen-bond acceptors (Lipinski definition) is 2. The highest BCUT2D eigenvalue weighted by Gasteiger charge is 2.49. The lowest BCUT2D eigenvalue weighted by Gasteiger charge is -2.19. The molecule has 0 saturated carbocycles. The third kappa shape index (κ3) is 4.94. The summed E-state index contributed by atoms with van der Waals surface area (Å²) in [5.74, 6) is -6.02. The predicted octanol–water partition coefficient (Wildman–Crippen LogP) is 2.94. The molecule has 0 radical (unpaired) electrons. The molecule has 0 spiro atoms. The molecule has 0 rings (SSSR count). The monoisotopic (exact) mass is 346 g/mol. The van der Waals surface area contributed by atoms with Crippen molar-refractivity contribution in [2.24, 2.45) is 0 Å². The second kappa shape index (κ2) is 5.26. The van der Waals surface area contributed by atoms with E-state index in [9.17, 15) is 26.7 Å². The topological polar surface area (TPSA) is 26.3 Å². The molecule has 1 atom stereocenters. The molecule has 0 aromatic rings. The summed E-state index contributed by atoms with van der Waals surface area (Å²) in [7, 11) is 0. The molecule has 0 N–H and O–H groups in total. The maximum absolute atomic E-state index is 12.8. The van der Waals surface area contributed by atoms with E-state index in [1.165, 1.54) is 6.92 Å². The van der Waals surface area contributed by atoms with Crippen molar-refractivity contribution in [1.82, 2.24) is 0 Å². The molecular formula is C7H8F5IO2. The van der Waals surface area contributed by atoms with Gasteiger partial charge >= 0.3 is 18.1 Å². The Morgan fingerprint density at radius 3 is 2.13 bits per heavy atom. The zero-order valence-electron chi connectivity index (χ0n) is 7.58. The van der Waals surface area contributed by atoms with E-state index in [2.05, 4.69) is 4.74 Å². The van der Waals surface area contributed by atoms with Gasteiger partial charge in [0, 0.05) is 6.42 Å². The van der Waals surface area contributed by atoms with Crippen LogP contribution in [0.2, 0.25) is 0 Å². The summed E-state index contributed by atoms with van der Waals surface area (Å²) >= 11 is 0.822. The van der Waals surface area contributed by atoms with Gasteiger partial charge in [0.25, 0.3) is 0 Å². The van der Waals surface area contributed by atoms with E-state index in [1.807, 2.05) is 0 Å². The van der Waals surface area contributed by atoms with Crippen LogP contribution in [-0.4, -0.2) is 28.6 Å². The first-order valence-electron chi connectivity index (χ1n) is 3.87. The van der Waals surface area contributed by atoms with Gasteiger partial charge in [0.05, 0.1) is 6.61 Å². The SMILES string of the molecule is CCOC(=O)C(F)(F)CC(I)C(F)(F)F. The van der Waals surface area contributed by atoms with E-state index in [0.717, 1.165) is 22.6 Å². The summed E-state index contributed by atoms with van der Waals surface area (Å²) in [4.78, 5) is 10.6. The second-order valence-electron chi connectivity index (χ2n) is 2.64. The highest BCUT2D eigenvalue weighted by Crippen LogP contribution is 2.35. The molecule has 8 heteroatoms. The van der Waals surface area contributed by atoms with E-state index in [1.54, 1.807) is 0 Å². The van der Waals surface area contributed by atoms with E-state index in [0.29, 0.717) is 0 Å². The zero-order valence-corrected chi connectivity index (χ0v) is 9.73. The summed E-state index contributed by atoms with van der Waals surface area (Å²) in [5, 5.41) is 0. The minimum atomic E-state index is -4.75. The molecule has 0 aromatic heterocycles. The van der Waals surface area contributed by atoms with Gasteiger partial charge in [-0.25, -0.2) is 4.79 Å². The lowest BCUT2D eigenvalue weighted by Crippen LogP contribution is -2.37. The maximum Gasteiger partial charge on any atom is 0.400 e. The molecule has 90 valence electrons. The largest absolute Gasteiger partial charge is 0.462 e. The van der Waals surface area contributed by atoms with Crippen molar-refractivity contribution in [3.05, 3.63) is 0 Å². The minimum Gasteiger partial charge on any atom is -0.462 e. The summed E-state index contributed by atoms with van der Waals surface area (Å²) in [6.45, 7) is 0.992. The third-order valence-corrected chi connectivity index (χ3v) is 2.51. The van der Waals surface area contributed by atoms with E-state index in [-0.39, 0.29) is 6.61 Å². The van der Waals surface area contributed by atoms with Gasteiger partial charge in [0.2, 0.25) is 0 Å². The summed E-state index contributed by atoms with van der Waals surface area (Å²) in [6, 6.07) is 0. The van der Waals surface area contributed by atoms with Crippen molar-refractivity contribution in [3.8, 4) is 0 Å². The molecule has 0 saturated heterocycles. The molecule has 0 aliphatic heterocycles. The van der Waals surface area contributed by atoms with Crippen LogP contribution in [0.3, 0.4) is 0 Å². The highest BCUT2D eigenvalue weighted by molar-refractivity contribution is 14.1. The Hall–Kier alpha value is -0.150. The van der Waals surface area contributed by atoms with Gasteiger partial charge < -0.3 is 4.74 Å². The molecule has 0 aliphatic carbocycles. The first-order valence-corrected chi connectivity index (χ1v) is 5.11. The van der Waals surface area contributed by atoms with Crippen LogP contribution < -0.4 is 0 Å². The average molecular weight is 346 g/mol. The standard InChI is InChI=1S/C7H8F5IO2/c1-2-15-5(14)6(8,9)3-4(13)7(10,11)12/h4H,2-3H2,1H3. The lowest BCUT2D eigenvalue weighted by molar-refractivity contribution is -0.179. The van der Waals surface area contributed by atoms with Crippen molar-refractivity contribution >= 4 is 28.6 Å². The second-order valence-corrected chi connectivity index (χ2v) is 4.14. The van der Waals surface area contributed by atoms with Crippen LogP contribution in [0.15, 0.2) is 0 Å². The fraction of sp³-hybridized carbons (Fsp3) is 0.857. The Labute approximate surface area is 96.3 Å². The van der Waals surface area contributed by atoms with Crippen molar-refractivity contribution in [2.75, 3.05) is 6.61 Å². The van der Waals surface area contributed by atoms with E-state index < -0.39 is 28.4 Å². The van der Waals surface area contributed by atoms with Gasteiger partial charge in [-0.15, -0.1) is 0 Å². The number of alkyl halides is 6. The molecule has 0 bridgehead atoms. The number of carbonyl (C=O) groups is 1. The number of rotatable bonds is 4. The molecule has 1 unspecified atom stereocenters. The van der Waals surface area contributed by atoms with Crippen LogP contribution in [-0.2, 0) is 9.53 Å². The smallest absolute Gasteiger partial charge is 0.400 e. The predicted molar refractivity (Wildman–Crippen MR) is 50.1 cm³/mol. The first kappa shape index (κ1) is 14.8. The van der Waals surface area contributed by atoms with Crippen molar-refractivity contribution in [2.45, 2.75) is 29.4 Å². The molecule has 15 heavy (non-hydrogen) atoms. The van der Waals surface area contributed by atoms with Gasteiger partial charge in [0.15, 0.2) is 0 Å². The number of carbonyl (C=O) groups excluding carboxylic acids is 1. The van der Waals surface area contributed by atoms with Crippen molar-refractivity contribution < 1.29 is 31.5 Å². The van der Waals surface area contributed by atoms with Crippen LogP contribution >= 0.6 is 22.6 Å².